The minimum Gasteiger partial charge on any atom is -0.504 e. The molecule has 2 aliphatic rings. The van der Waals surface area contributed by atoms with Crippen LogP contribution in [0.3, 0.4) is 0 Å². The molecule has 0 radical (unpaired) electrons. The third-order valence-corrected chi connectivity index (χ3v) is 5.12. The predicted octanol–water partition coefficient (Wildman–Crippen LogP) is 2.45. The summed E-state index contributed by atoms with van der Waals surface area (Å²) in [4.78, 5) is 16.9. The van der Waals surface area contributed by atoms with E-state index in [1.54, 1.807) is 4.90 Å². The maximum Gasteiger partial charge on any atom is 0.255 e. The highest BCUT2D eigenvalue weighted by Crippen LogP contribution is 2.36. The number of likely N-dealkylation sites (tertiary alicyclic amines) is 2. The van der Waals surface area contributed by atoms with E-state index in [2.05, 4.69) is 4.90 Å². The van der Waals surface area contributed by atoms with E-state index in [4.69, 9.17) is 11.6 Å². The molecule has 22 heavy (non-hydrogen) atoms. The maximum atomic E-state index is 12.5. The van der Waals surface area contributed by atoms with Gasteiger partial charge in [-0.05, 0) is 50.9 Å². The molecule has 0 spiro atoms. The van der Waals surface area contributed by atoms with E-state index in [0.717, 1.165) is 12.8 Å². The van der Waals surface area contributed by atoms with Crippen LogP contribution in [-0.2, 0) is 0 Å². The minimum atomic E-state index is -0.431. The van der Waals surface area contributed by atoms with E-state index in [-0.39, 0.29) is 22.2 Å². The Hall–Kier alpha value is -1.46. The quantitative estimate of drug-likeness (QED) is 0.820. The van der Waals surface area contributed by atoms with E-state index >= 15 is 0 Å². The molecule has 3 rings (SSSR count). The number of piperidine rings is 1. The molecule has 2 fully saturated rings. The molecule has 6 heteroatoms. The number of nitrogens with zero attached hydrogens (tertiary/aromatic N) is 2. The van der Waals surface area contributed by atoms with E-state index in [1.807, 2.05) is 0 Å². The van der Waals surface area contributed by atoms with Crippen LogP contribution < -0.4 is 0 Å². The second kappa shape index (κ2) is 6.34. The lowest BCUT2D eigenvalue weighted by molar-refractivity contribution is 0.0644. The van der Waals surface area contributed by atoms with Crippen LogP contribution in [0.2, 0.25) is 5.02 Å². The van der Waals surface area contributed by atoms with Crippen molar-refractivity contribution in [3.63, 3.8) is 0 Å². The van der Waals surface area contributed by atoms with Crippen LogP contribution in [-0.4, -0.2) is 58.1 Å². The van der Waals surface area contributed by atoms with Crippen molar-refractivity contribution in [1.29, 1.82) is 0 Å². The van der Waals surface area contributed by atoms with Gasteiger partial charge in [-0.3, -0.25) is 4.79 Å². The lowest BCUT2D eigenvalue weighted by Gasteiger charge is -2.36. The monoisotopic (exact) mass is 324 g/mol. The standard InChI is InChI=1S/C16H21ClN2O3/c17-14-12(3-4-13(20)15(14)21)16(22)19-9-5-11(6-10-19)18-7-1-2-8-18/h3-4,11,20-21H,1-2,5-10H2. The summed E-state index contributed by atoms with van der Waals surface area (Å²) in [5, 5.41) is 19.0. The largest absolute Gasteiger partial charge is 0.504 e. The van der Waals surface area contributed by atoms with Crippen molar-refractivity contribution in [1.82, 2.24) is 9.80 Å². The first-order chi connectivity index (χ1) is 10.6. The number of phenolic OH excluding ortho intramolecular Hbond substituents is 2. The Bertz CT molecular complexity index is 565. The first-order valence-electron chi connectivity index (χ1n) is 7.81. The van der Waals surface area contributed by atoms with E-state index < -0.39 is 5.75 Å². The summed E-state index contributed by atoms with van der Waals surface area (Å²) in [6.07, 6.45) is 4.52. The number of aromatic hydroxyl groups is 2. The molecule has 0 unspecified atom stereocenters. The SMILES string of the molecule is O=C(c1ccc(O)c(O)c1Cl)N1CCC(N2CCCC2)CC1. The number of phenols is 2. The Labute approximate surface area is 135 Å². The molecule has 1 aromatic rings. The Morgan fingerprint density at radius 1 is 1.09 bits per heavy atom. The number of halogens is 1. The summed E-state index contributed by atoms with van der Waals surface area (Å²) in [6, 6.07) is 3.34. The lowest BCUT2D eigenvalue weighted by atomic mass is 10.0. The van der Waals surface area contributed by atoms with E-state index in [1.165, 1.54) is 38.1 Å². The van der Waals surface area contributed by atoms with E-state index in [9.17, 15) is 15.0 Å². The Morgan fingerprint density at radius 3 is 2.36 bits per heavy atom. The van der Waals surface area contributed by atoms with Crippen molar-refractivity contribution >= 4 is 17.5 Å². The summed E-state index contributed by atoms with van der Waals surface area (Å²) >= 11 is 5.98. The Kier molecular flexibility index (Phi) is 4.45. The molecular formula is C16H21ClN2O3. The zero-order valence-electron chi connectivity index (χ0n) is 12.5. The fraction of sp³-hybridized carbons (Fsp3) is 0.562. The van der Waals surface area contributed by atoms with Gasteiger partial charge in [0.2, 0.25) is 0 Å². The molecule has 0 saturated carbocycles. The van der Waals surface area contributed by atoms with Crippen LogP contribution in [0.5, 0.6) is 11.5 Å². The second-order valence-corrected chi connectivity index (χ2v) is 6.44. The molecule has 1 amide bonds. The second-order valence-electron chi connectivity index (χ2n) is 6.06. The van der Waals surface area contributed by atoms with Crippen LogP contribution in [0.15, 0.2) is 12.1 Å². The number of amides is 1. The Balaban J connectivity index is 1.66. The van der Waals surface area contributed by atoms with Crippen LogP contribution >= 0.6 is 11.6 Å². The van der Waals surface area contributed by atoms with Gasteiger partial charge >= 0.3 is 0 Å². The maximum absolute atomic E-state index is 12.5. The van der Waals surface area contributed by atoms with Gasteiger partial charge < -0.3 is 20.0 Å². The summed E-state index contributed by atoms with van der Waals surface area (Å²) in [5.74, 6) is -0.922. The number of carbonyl (C=O) groups is 1. The van der Waals surface area contributed by atoms with Crippen molar-refractivity contribution < 1.29 is 15.0 Å². The van der Waals surface area contributed by atoms with Gasteiger partial charge in [0.15, 0.2) is 11.5 Å². The van der Waals surface area contributed by atoms with Crippen LogP contribution in [0, 0.1) is 0 Å². The van der Waals surface area contributed by atoms with Crippen molar-refractivity contribution in [2.24, 2.45) is 0 Å². The topological polar surface area (TPSA) is 64.0 Å². The molecular weight excluding hydrogens is 304 g/mol. The molecule has 2 heterocycles. The van der Waals surface area contributed by atoms with Crippen LogP contribution in [0.4, 0.5) is 0 Å². The average Bonchev–Trinajstić information content (AvgIpc) is 3.07. The summed E-state index contributed by atoms with van der Waals surface area (Å²) in [7, 11) is 0. The molecule has 2 N–H and O–H groups in total. The highest BCUT2D eigenvalue weighted by Gasteiger charge is 2.29. The average molecular weight is 325 g/mol. The highest BCUT2D eigenvalue weighted by molar-refractivity contribution is 6.35. The van der Waals surface area contributed by atoms with Gasteiger partial charge in [0, 0.05) is 19.1 Å². The summed E-state index contributed by atoms with van der Waals surface area (Å²) in [6.45, 7) is 3.77. The fourth-order valence-electron chi connectivity index (χ4n) is 3.43. The van der Waals surface area contributed by atoms with E-state index in [0.29, 0.717) is 19.1 Å². The van der Waals surface area contributed by atoms with Gasteiger partial charge in [0.1, 0.15) is 0 Å². The summed E-state index contributed by atoms with van der Waals surface area (Å²) < 4.78 is 0. The van der Waals surface area contributed by atoms with Crippen molar-refractivity contribution in [2.45, 2.75) is 31.7 Å². The number of hydrogen-bond donors (Lipinski definition) is 2. The fourth-order valence-corrected chi connectivity index (χ4v) is 3.67. The first kappa shape index (κ1) is 15.4. The lowest BCUT2D eigenvalue weighted by Crippen LogP contribution is -2.45. The molecule has 0 atom stereocenters. The van der Waals surface area contributed by atoms with Crippen molar-refractivity contribution in [2.75, 3.05) is 26.2 Å². The van der Waals surface area contributed by atoms with Gasteiger partial charge in [-0.25, -0.2) is 0 Å². The van der Waals surface area contributed by atoms with Crippen molar-refractivity contribution in [3.8, 4) is 11.5 Å². The molecule has 0 bridgehead atoms. The first-order valence-corrected chi connectivity index (χ1v) is 8.19. The minimum absolute atomic E-state index is 0.0772. The van der Waals surface area contributed by atoms with Crippen LogP contribution in [0.25, 0.3) is 0 Å². The molecule has 5 nitrogen and oxygen atoms in total. The smallest absolute Gasteiger partial charge is 0.255 e. The number of benzene rings is 1. The third kappa shape index (κ3) is 2.88. The molecule has 2 saturated heterocycles. The number of hydrogen-bond acceptors (Lipinski definition) is 4. The zero-order chi connectivity index (χ0) is 15.7. The molecule has 0 aliphatic carbocycles. The number of rotatable bonds is 2. The van der Waals surface area contributed by atoms with Crippen LogP contribution in [0.1, 0.15) is 36.0 Å². The van der Waals surface area contributed by atoms with Gasteiger partial charge in [0.05, 0.1) is 10.6 Å². The molecule has 2 aliphatic heterocycles. The van der Waals surface area contributed by atoms with Gasteiger partial charge in [-0.1, -0.05) is 11.6 Å². The number of carbonyl (C=O) groups excluding carboxylic acids is 1. The normalized spacial score (nSPS) is 20.5. The van der Waals surface area contributed by atoms with Gasteiger partial charge in [-0.15, -0.1) is 0 Å². The zero-order valence-corrected chi connectivity index (χ0v) is 13.2. The summed E-state index contributed by atoms with van der Waals surface area (Å²) in [5.41, 5.74) is 0.247. The Morgan fingerprint density at radius 2 is 1.73 bits per heavy atom. The predicted molar refractivity (Wildman–Crippen MR) is 84.5 cm³/mol. The highest BCUT2D eigenvalue weighted by atomic mass is 35.5. The van der Waals surface area contributed by atoms with Crippen molar-refractivity contribution in [3.05, 3.63) is 22.7 Å². The molecule has 0 aromatic heterocycles. The molecule has 1 aromatic carbocycles. The third-order valence-electron chi connectivity index (χ3n) is 4.73. The van der Waals surface area contributed by atoms with Gasteiger partial charge in [-0.2, -0.15) is 0 Å². The molecule has 120 valence electrons. The van der Waals surface area contributed by atoms with Gasteiger partial charge in [0.25, 0.3) is 5.91 Å².